The Bertz CT molecular complexity index is 561. The average molecular weight is 300 g/mol. The van der Waals surface area contributed by atoms with Gasteiger partial charge in [-0.25, -0.2) is 4.98 Å². The molecule has 0 fully saturated rings. The molecule has 0 aliphatic heterocycles. The zero-order valence-corrected chi connectivity index (χ0v) is 12.0. The van der Waals surface area contributed by atoms with Crippen LogP contribution in [0.3, 0.4) is 0 Å². The summed E-state index contributed by atoms with van der Waals surface area (Å²) >= 11 is 1.57. The van der Waals surface area contributed by atoms with Gasteiger partial charge in [-0.1, -0.05) is 12.1 Å². The fourth-order valence-electron chi connectivity index (χ4n) is 1.82. The standard InChI is InChI=1S/C14H15F3N2S/c1-9(18-7-13-10(2)19-8-20-13)11-3-5-12(6-4-11)14(15,16)17/h3-6,8-9,18H,7H2,1-2H3. The Hall–Kier alpha value is -1.40. The lowest BCUT2D eigenvalue weighted by Crippen LogP contribution is -2.18. The Labute approximate surface area is 119 Å². The molecule has 0 aliphatic carbocycles. The second-order valence-electron chi connectivity index (χ2n) is 4.58. The van der Waals surface area contributed by atoms with Gasteiger partial charge < -0.3 is 5.32 Å². The van der Waals surface area contributed by atoms with E-state index >= 15 is 0 Å². The minimum atomic E-state index is -4.28. The van der Waals surface area contributed by atoms with Crippen LogP contribution >= 0.6 is 11.3 Å². The molecule has 1 N–H and O–H groups in total. The highest BCUT2D eigenvalue weighted by atomic mass is 32.1. The second-order valence-corrected chi connectivity index (χ2v) is 5.52. The summed E-state index contributed by atoms with van der Waals surface area (Å²) in [5.41, 5.74) is 2.99. The van der Waals surface area contributed by atoms with Crippen molar-refractivity contribution in [3.8, 4) is 0 Å². The summed E-state index contributed by atoms with van der Waals surface area (Å²) in [6, 6.07) is 5.25. The Morgan fingerprint density at radius 3 is 2.40 bits per heavy atom. The van der Waals surface area contributed by atoms with Gasteiger partial charge in [0.05, 0.1) is 16.8 Å². The van der Waals surface area contributed by atoms with Crippen molar-refractivity contribution in [3.05, 3.63) is 51.5 Å². The third-order valence-electron chi connectivity index (χ3n) is 3.15. The third-order valence-corrected chi connectivity index (χ3v) is 4.09. The number of aryl methyl sites for hydroxylation is 1. The molecule has 0 saturated carbocycles. The summed E-state index contributed by atoms with van der Waals surface area (Å²) in [4.78, 5) is 5.30. The zero-order chi connectivity index (χ0) is 14.8. The van der Waals surface area contributed by atoms with Gasteiger partial charge in [0.15, 0.2) is 0 Å². The summed E-state index contributed by atoms with van der Waals surface area (Å²) in [5.74, 6) is 0. The molecule has 0 saturated heterocycles. The zero-order valence-electron chi connectivity index (χ0n) is 11.2. The van der Waals surface area contributed by atoms with Gasteiger partial charge in [0.1, 0.15) is 0 Å². The van der Waals surface area contributed by atoms with Crippen molar-refractivity contribution in [1.82, 2.24) is 10.3 Å². The Morgan fingerprint density at radius 2 is 1.90 bits per heavy atom. The fourth-order valence-corrected chi connectivity index (χ4v) is 2.55. The number of aromatic nitrogens is 1. The number of nitrogens with one attached hydrogen (secondary N) is 1. The van der Waals surface area contributed by atoms with Crippen molar-refractivity contribution in [2.24, 2.45) is 0 Å². The molecule has 1 heterocycles. The van der Waals surface area contributed by atoms with Gasteiger partial charge in [-0.05, 0) is 31.5 Å². The smallest absolute Gasteiger partial charge is 0.305 e. The summed E-state index contributed by atoms with van der Waals surface area (Å²) in [6.07, 6.45) is -4.28. The van der Waals surface area contributed by atoms with Crippen molar-refractivity contribution in [1.29, 1.82) is 0 Å². The molecule has 20 heavy (non-hydrogen) atoms. The number of alkyl halides is 3. The lowest BCUT2D eigenvalue weighted by atomic mass is 10.1. The van der Waals surface area contributed by atoms with Gasteiger partial charge in [-0.2, -0.15) is 13.2 Å². The molecule has 0 spiro atoms. The van der Waals surface area contributed by atoms with Crippen molar-refractivity contribution < 1.29 is 13.2 Å². The molecule has 1 unspecified atom stereocenters. The monoisotopic (exact) mass is 300 g/mol. The number of hydrogen-bond acceptors (Lipinski definition) is 3. The van der Waals surface area contributed by atoms with Crippen LogP contribution < -0.4 is 5.32 Å². The Balaban J connectivity index is 1.99. The second kappa shape index (κ2) is 5.93. The van der Waals surface area contributed by atoms with E-state index in [0.717, 1.165) is 28.3 Å². The molecule has 1 aromatic heterocycles. The number of thiazole rings is 1. The van der Waals surface area contributed by atoms with Crippen molar-refractivity contribution >= 4 is 11.3 Å². The highest BCUT2D eigenvalue weighted by molar-refractivity contribution is 7.09. The van der Waals surface area contributed by atoms with E-state index in [2.05, 4.69) is 10.3 Å². The fraction of sp³-hybridized carbons (Fsp3) is 0.357. The molecule has 108 valence electrons. The van der Waals surface area contributed by atoms with Crippen LogP contribution in [0.2, 0.25) is 0 Å². The lowest BCUT2D eigenvalue weighted by molar-refractivity contribution is -0.137. The number of rotatable bonds is 4. The number of halogens is 3. The highest BCUT2D eigenvalue weighted by Gasteiger charge is 2.30. The average Bonchev–Trinajstić information content (AvgIpc) is 2.81. The van der Waals surface area contributed by atoms with Gasteiger partial charge in [0.25, 0.3) is 0 Å². The molecular weight excluding hydrogens is 285 g/mol. The van der Waals surface area contributed by atoms with Crippen LogP contribution in [0, 0.1) is 6.92 Å². The van der Waals surface area contributed by atoms with Crippen LogP contribution in [0.1, 0.15) is 34.7 Å². The first-order valence-electron chi connectivity index (χ1n) is 6.17. The van der Waals surface area contributed by atoms with Crippen molar-refractivity contribution in [3.63, 3.8) is 0 Å². The topological polar surface area (TPSA) is 24.9 Å². The van der Waals surface area contributed by atoms with Crippen molar-refractivity contribution in [2.45, 2.75) is 32.6 Å². The van der Waals surface area contributed by atoms with Gasteiger partial charge in [-0.3, -0.25) is 0 Å². The predicted molar refractivity (Wildman–Crippen MR) is 73.5 cm³/mol. The first kappa shape index (κ1) is 15.0. The van der Waals surface area contributed by atoms with E-state index in [1.54, 1.807) is 16.8 Å². The molecule has 1 atom stereocenters. The van der Waals surface area contributed by atoms with E-state index in [-0.39, 0.29) is 6.04 Å². The van der Waals surface area contributed by atoms with Crippen molar-refractivity contribution in [2.75, 3.05) is 0 Å². The van der Waals surface area contributed by atoms with Crippen LogP contribution in [0.5, 0.6) is 0 Å². The molecule has 0 bridgehead atoms. The molecule has 0 aliphatic rings. The third kappa shape index (κ3) is 3.58. The number of hydrogen-bond donors (Lipinski definition) is 1. The molecule has 0 amide bonds. The summed E-state index contributed by atoms with van der Waals surface area (Å²) < 4.78 is 37.4. The maximum Gasteiger partial charge on any atom is 0.416 e. The van der Waals surface area contributed by atoms with Gasteiger partial charge >= 0.3 is 6.18 Å². The van der Waals surface area contributed by atoms with E-state index in [4.69, 9.17) is 0 Å². The minimum Gasteiger partial charge on any atom is -0.305 e. The lowest BCUT2D eigenvalue weighted by Gasteiger charge is -2.15. The van der Waals surface area contributed by atoms with Crippen LogP contribution in [0.4, 0.5) is 13.2 Å². The maximum absolute atomic E-state index is 12.5. The Morgan fingerprint density at radius 1 is 1.25 bits per heavy atom. The van der Waals surface area contributed by atoms with E-state index in [1.165, 1.54) is 12.1 Å². The van der Waals surface area contributed by atoms with E-state index in [9.17, 15) is 13.2 Å². The van der Waals surface area contributed by atoms with Crippen LogP contribution in [0.25, 0.3) is 0 Å². The number of nitrogens with zero attached hydrogens (tertiary/aromatic N) is 1. The summed E-state index contributed by atoms with van der Waals surface area (Å²) in [5, 5.41) is 3.29. The van der Waals surface area contributed by atoms with Crippen LogP contribution in [-0.4, -0.2) is 4.98 Å². The first-order valence-corrected chi connectivity index (χ1v) is 7.05. The molecule has 2 rings (SSSR count). The van der Waals surface area contributed by atoms with Crippen LogP contribution in [0.15, 0.2) is 29.8 Å². The van der Waals surface area contributed by atoms with Gasteiger partial charge in [-0.15, -0.1) is 11.3 Å². The maximum atomic E-state index is 12.5. The number of benzene rings is 1. The minimum absolute atomic E-state index is 0.0150. The Kier molecular flexibility index (Phi) is 4.45. The predicted octanol–water partition coefficient (Wildman–Crippen LogP) is 4.32. The van der Waals surface area contributed by atoms with Gasteiger partial charge in [0.2, 0.25) is 0 Å². The first-order chi connectivity index (χ1) is 9.38. The summed E-state index contributed by atoms with van der Waals surface area (Å²) in [7, 11) is 0. The quantitative estimate of drug-likeness (QED) is 0.909. The van der Waals surface area contributed by atoms with E-state index < -0.39 is 11.7 Å². The molecule has 2 aromatic rings. The summed E-state index contributed by atoms with van der Waals surface area (Å²) in [6.45, 7) is 4.54. The highest BCUT2D eigenvalue weighted by Crippen LogP contribution is 2.29. The molecular formula is C14H15F3N2S. The SMILES string of the molecule is Cc1ncsc1CNC(C)c1ccc(C(F)(F)F)cc1. The molecule has 6 heteroatoms. The molecule has 2 nitrogen and oxygen atoms in total. The molecule has 1 aromatic carbocycles. The largest absolute Gasteiger partial charge is 0.416 e. The normalized spacial score (nSPS) is 13.4. The van der Waals surface area contributed by atoms with E-state index in [1.807, 2.05) is 13.8 Å². The van der Waals surface area contributed by atoms with Gasteiger partial charge in [0, 0.05) is 17.5 Å². The molecule has 0 radical (unpaired) electrons. The van der Waals surface area contributed by atoms with E-state index in [0.29, 0.717) is 6.54 Å². The van der Waals surface area contributed by atoms with Crippen LogP contribution in [-0.2, 0) is 12.7 Å².